The molecule has 3 N–H and O–H groups in total. The molecule has 0 saturated carbocycles. The predicted octanol–water partition coefficient (Wildman–Crippen LogP) is 2.25. The molecule has 0 unspecified atom stereocenters. The van der Waals surface area contributed by atoms with E-state index in [0.29, 0.717) is 19.4 Å². The van der Waals surface area contributed by atoms with Crippen LogP contribution in [0, 0.1) is 12.3 Å². The Labute approximate surface area is 163 Å². The molecular weight excluding hydrogens is 410 g/mol. The second-order valence-electron chi connectivity index (χ2n) is 6.15. The number of nitrogens with one attached hydrogen (secondary N) is 3. The van der Waals surface area contributed by atoms with Crippen LogP contribution >= 0.6 is 28.3 Å². The summed E-state index contributed by atoms with van der Waals surface area (Å²) < 4.78 is 6.13. The Morgan fingerprint density at radius 1 is 1.32 bits per heavy atom. The fraction of sp³-hybridized carbons (Fsp3) is 0.529. The number of aryl methyl sites for hydroxylation is 1. The van der Waals surface area contributed by atoms with Gasteiger partial charge in [0, 0.05) is 17.3 Å². The number of carbonyl (C=O) groups excluding carboxylic acids is 2. The van der Waals surface area contributed by atoms with E-state index < -0.39 is 5.41 Å². The first-order valence-electron chi connectivity index (χ1n) is 8.01. The molecule has 6 nitrogen and oxygen atoms in total. The standard InChI is InChI=1S/C17H24BrN3O3.ClH/c1-12-3-4-13(18)9-14(12)21-15(22)10-20-16(23)17(11-24-2)5-7-19-8-6-17;/h3-4,9,19H,5-8,10-11H2,1-2H3,(H,20,23)(H,21,22);1H. The quantitative estimate of drug-likeness (QED) is 0.641. The van der Waals surface area contributed by atoms with Gasteiger partial charge < -0.3 is 20.7 Å². The van der Waals surface area contributed by atoms with E-state index in [-0.39, 0.29) is 30.8 Å². The van der Waals surface area contributed by atoms with Crippen LogP contribution in [0.4, 0.5) is 5.69 Å². The van der Waals surface area contributed by atoms with Gasteiger partial charge in [0.05, 0.1) is 18.6 Å². The summed E-state index contributed by atoms with van der Waals surface area (Å²) >= 11 is 3.38. The molecule has 2 amide bonds. The Hall–Kier alpha value is -1.15. The van der Waals surface area contributed by atoms with Crippen LogP contribution in [0.2, 0.25) is 0 Å². The van der Waals surface area contributed by atoms with E-state index in [2.05, 4.69) is 31.9 Å². The SMILES string of the molecule is COCC1(C(=O)NCC(=O)Nc2cc(Br)ccc2C)CCNCC1.Cl. The summed E-state index contributed by atoms with van der Waals surface area (Å²) in [6.45, 7) is 3.79. The maximum Gasteiger partial charge on any atom is 0.243 e. The number of halogens is 2. The van der Waals surface area contributed by atoms with Crippen molar-refractivity contribution in [1.82, 2.24) is 10.6 Å². The third-order valence-corrected chi connectivity index (χ3v) is 4.84. The van der Waals surface area contributed by atoms with Crippen LogP contribution in [0.3, 0.4) is 0 Å². The second kappa shape index (κ2) is 10.1. The third-order valence-electron chi connectivity index (χ3n) is 4.35. The number of hydrogen-bond donors (Lipinski definition) is 3. The molecule has 0 aliphatic carbocycles. The van der Waals surface area contributed by atoms with Gasteiger partial charge in [-0.2, -0.15) is 0 Å². The van der Waals surface area contributed by atoms with Crippen LogP contribution in [0.1, 0.15) is 18.4 Å². The molecule has 0 radical (unpaired) electrons. The lowest BCUT2D eigenvalue weighted by molar-refractivity contribution is -0.137. The van der Waals surface area contributed by atoms with Gasteiger partial charge in [0.2, 0.25) is 11.8 Å². The predicted molar refractivity (Wildman–Crippen MR) is 104 cm³/mol. The number of hydrogen-bond acceptors (Lipinski definition) is 4. The van der Waals surface area contributed by atoms with E-state index in [0.717, 1.165) is 28.8 Å². The van der Waals surface area contributed by atoms with Crippen LogP contribution in [-0.4, -0.2) is 45.2 Å². The van der Waals surface area contributed by atoms with Gasteiger partial charge in [-0.1, -0.05) is 22.0 Å². The maximum absolute atomic E-state index is 12.6. The van der Waals surface area contributed by atoms with Crippen molar-refractivity contribution in [2.24, 2.45) is 5.41 Å². The number of ether oxygens (including phenoxy) is 1. The molecule has 1 aliphatic heterocycles. The minimum absolute atomic E-state index is 0. The second-order valence-corrected chi connectivity index (χ2v) is 7.07. The molecule has 1 fully saturated rings. The number of amides is 2. The minimum atomic E-state index is -0.550. The fourth-order valence-electron chi connectivity index (χ4n) is 2.89. The highest BCUT2D eigenvalue weighted by atomic mass is 79.9. The van der Waals surface area contributed by atoms with Gasteiger partial charge in [-0.25, -0.2) is 0 Å². The first-order chi connectivity index (χ1) is 11.5. The van der Waals surface area contributed by atoms with Crippen LogP contribution in [0.5, 0.6) is 0 Å². The highest BCUT2D eigenvalue weighted by Gasteiger charge is 2.39. The van der Waals surface area contributed by atoms with E-state index in [1.165, 1.54) is 0 Å². The summed E-state index contributed by atoms with van der Waals surface area (Å²) in [5.41, 5.74) is 1.15. The molecule has 1 aliphatic rings. The molecule has 1 aromatic rings. The Morgan fingerprint density at radius 3 is 2.64 bits per heavy atom. The average Bonchev–Trinajstić information content (AvgIpc) is 2.57. The molecule has 1 heterocycles. The van der Waals surface area contributed by atoms with Crippen molar-refractivity contribution in [3.05, 3.63) is 28.2 Å². The first kappa shape index (κ1) is 21.9. The molecule has 140 valence electrons. The molecule has 0 atom stereocenters. The van der Waals surface area contributed by atoms with Gasteiger partial charge >= 0.3 is 0 Å². The van der Waals surface area contributed by atoms with Gasteiger partial charge in [0.25, 0.3) is 0 Å². The zero-order valence-electron chi connectivity index (χ0n) is 14.5. The lowest BCUT2D eigenvalue weighted by Crippen LogP contribution is -2.51. The average molecular weight is 435 g/mol. The number of methoxy groups -OCH3 is 1. The summed E-state index contributed by atoms with van der Waals surface area (Å²) in [7, 11) is 1.60. The molecule has 0 bridgehead atoms. The Morgan fingerprint density at radius 2 is 2.00 bits per heavy atom. The Bertz CT molecular complexity index is 601. The molecule has 1 saturated heterocycles. The smallest absolute Gasteiger partial charge is 0.243 e. The van der Waals surface area contributed by atoms with Gasteiger partial charge in [-0.15, -0.1) is 12.4 Å². The summed E-state index contributed by atoms with van der Waals surface area (Å²) in [4.78, 5) is 24.7. The van der Waals surface area contributed by atoms with Crippen LogP contribution in [-0.2, 0) is 14.3 Å². The summed E-state index contributed by atoms with van der Waals surface area (Å²) in [5, 5.41) is 8.83. The zero-order chi connectivity index (χ0) is 17.6. The number of piperidine rings is 1. The van der Waals surface area contributed by atoms with Crippen molar-refractivity contribution in [1.29, 1.82) is 0 Å². The molecule has 2 rings (SSSR count). The van der Waals surface area contributed by atoms with E-state index in [9.17, 15) is 9.59 Å². The number of benzene rings is 1. The van der Waals surface area contributed by atoms with E-state index in [1.807, 2.05) is 25.1 Å². The van der Waals surface area contributed by atoms with Crippen molar-refractivity contribution < 1.29 is 14.3 Å². The van der Waals surface area contributed by atoms with Crippen molar-refractivity contribution in [3.8, 4) is 0 Å². The van der Waals surface area contributed by atoms with E-state index in [1.54, 1.807) is 7.11 Å². The molecule has 0 spiro atoms. The third kappa shape index (κ3) is 5.95. The zero-order valence-corrected chi connectivity index (χ0v) is 16.9. The summed E-state index contributed by atoms with van der Waals surface area (Å²) in [5.74, 6) is -0.363. The van der Waals surface area contributed by atoms with Crippen LogP contribution in [0.15, 0.2) is 22.7 Å². The number of rotatable bonds is 6. The maximum atomic E-state index is 12.6. The Balaban J connectivity index is 0.00000312. The molecular formula is C17H25BrClN3O3. The summed E-state index contributed by atoms with van der Waals surface area (Å²) in [6.07, 6.45) is 1.41. The lowest BCUT2D eigenvalue weighted by atomic mass is 9.78. The molecule has 1 aromatic carbocycles. The number of anilines is 1. The molecule has 0 aromatic heterocycles. The normalized spacial score (nSPS) is 15.8. The number of carbonyl (C=O) groups is 2. The van der Waals surface area contributed by atoms with Gasteiger partial charge in [0.15, 0.2) is 0 Å². The highest BCUT2D eigenvalue weighted by Crippen LogP contribution is 2.29. The van der Waals surface area contributed by atoms with Gasteiger partial charge in [0.1, 0.15) is 0 Å². The van der Waals surface area contributed by atoms with Gasteiger partial charge in [-0.3, -0.25) is 9.59 Å². The van der Waals surface area contributed by atoms with E-state index >= 15 is 0 Å². The van der Waals surface area contributed by atoms with Gasteiger partial charge in [-0.05, 0) is 50.6 Å². The van der Waals surface area contributed by atoms with E-state index in [4.69, 9.17) is 4.74 Å². The minimum Gasteiger partial charge on any atom is -0.384 e. The largest absolute Gasteiger partial charge is 0.384 e. The van der Waals surface area contributed by atoms with Crippen LogP contribution < -0.4 is 16.0 Å². The van der Waals surface area contributed by atoms with Crippen molar-refractivity contribution in [2.45, 2.75) is 19.8 Å². The molecule has 8 heteroatoms. The first-order valence-corrected chi connectivity index (χ1v) is 8.80. The Kier molecular flexibility index (Phi) is 8.85. The highest BCUT2D eigenvalue weighted by molar-refractivity contribution is 9.10. The lowest BCUT2D eigenvalue weighted by Gasteiger charge is -2.35. The molecule has 25 heavy (non-hydrogen) atoms. The van der Waals surface area contributed by atoms with Crippen molar-refractivity contribution in [3.63, 3.8) is 0 Å². The van der Waals surface area contributed by atoms with Crippen LogP contribution in [0.25, 0.3) is 0 Å². The van der Waals surface area contributed by atoms with Crippen molar-refractivity contribution >= 4 is 45.8 Å². The summed E-state index contributed by atoms with van der Waals surface area (Å²) in [6, 6.07) is 5.67. The van der Waals surface area contributed by atoms with Crippen molar-refractivity contribution in [2.75, 3.05) is 38.7 Å². The monoisotopic (exact) mass is 433 g/mol. The fourth-order valence-corrected chi connectivity index (χ4v) is 3.25. The topological polar surface area (TPSA) is 79.5 Å².